The molecule has 3 rings (SSSR count). The number of unbranched alkanes of at least 4 members (excludes halogenated alkanes) is 1. The van der Waals surface area contributed by atoms with Crippen molar-refractivity contribution in [3.8, 4) is 0 Å². The smallest absolute Gasteiger partial charge is 0.257 e. The van der Waals surface area contributed by atoms with Crippen molar-refractivity contribution >= 4 is 11.7 Å². The second-order valence-corrected chi connectivity index (χ2v) is 10.4. The number of ether oxygens (including phenoxy) is 1. The monoisotopic (exact) mass is 427 g/mol. The molecule has 2 aliphatic carbocycles. The van der Waals surface area contributed by atoms with E-state index in [1.54, 1.807) is 6.08 Å². The zero-order valence-corrected chi connectivity index (χ0v) is 20.5. The average Bonchev–Trinajstić information content (AvgIpc) is 3.00. The third-order valence-corrected chi connectivity index (χ3v) is 7.78. The predicted molar refractivity (Wildman–Crippen MR) is 125 cm³/mol. The van der Waals surface area contributed by atoms with Gasteiger partial charge in [0.15, 0.2) is 11.5 Å². The third kappa shape index (κ3) is 4.74. The Kier molecular flexibility index (Phi) is 7.30. The van der Waals surface area contributed by atoms with Crippen LogP contribution in [-0.2, 0) is 14.3 Å². The molecule has 7 atom stereocenters. The van der Waals surface area contributed by atoms with Crippen molar-refractivity contribution in [1.29, 1.82) is 0 Å². The molecule has 172 valence electrons. The van der Waals surface area contributed by atoms with E-state index < -0.39 is 5.72 Å². The number of ketones is 1. The van der Waals surface area contributed by atoms with E-state index in [-0.39, 0.29) is 35.0 Å². The van der Waals surface area contributed by atoms with E-state index in [9.17, 15) is 9.59 Å². The summed E-state index contributed by atoms with van der Waals surface area (Å²) in [5.74, 6) is 1.38. The van der Waals surface area contributed by atoms with Crippen LogP contribution in [0, 0.1) is 35.5 Å². The van der Waals surface area contributed by atoms with Gasteiger partial charge >= 0.3 is 0 Å². The quantitative estimate of drug-likeness (QED) is 0.327. The minimum Gasteiger partial charge on any atom is -0.352 e. The van der Waals surface area contributed by atoms with Crippen molar-refractivity contribution in [2.45, 2.75) is 79.9 Å². The summed E-state index contributed by atoms with van der Waals surface area (Å²) < 4.78 is 5.94. The molecule has 1 saturated carbocycles. The van der Waals surface area contributed by atoms with Gasteiger partial charge in [-0.1, -0.05) is 50.5 Å². The Labute approximate surface area is 188 Å². The normalized spacial score (nSPS) is 38.3. The summed E-state index contributed by atoms with van der Waals surface area (Å²) in [5, 5.41) is 2.91. The minimum absolute atomic E-state index is 0.00429. The number of carbonyl (C=O) groups is 2. The number of rotatable bonds is 7. The summed E-state index contributed by atoms with van der Waals surface area (Å²) in [5.41, 5.74) is 1.89. The van der Waals surface area contributed by atoms with Gasteiger partial charge in [-0.2, -0.15) is 0 Å². The second kappa shape index (κ2) is 9.44. The highest BCUT2D eigenvalue weighted by molar-refractivity contribution is 6.22. The molecular weight excluding hydrogens is 386 g/mol. The largest absolute Gasteiger partial charge is 0.352 e. The highest BCUT2D eigenvalue weighted by Crippen LogP contribution is 2.52. The molecule has 0 bridgehead atoms. The van der Waals surface area contributed by atoms with Crippen molar-refractivity contribution in [2.75, 3.05) is 6.61 Å². The third-order valence-electron chi connectivity index (χ3n) is 7.78. The van der Waals surface area contributed by atoms with Crippen LogP contribution in [0.15, 0.2) is 34.9 Å². The first kappa shape index (κ1) is 24.0. The van der Waals surface area contributed by atoms with E-state index in [1.165, 1.54) is 11.1 Å². The zero-order chi connectivity index (χ0) is 22.9. The Morgan fingerprint density at radius 3 is 2.68 bits per heavy atom. The zero-order valence-electron chi connectivity index (χ0n) is 20.5. The SMILES string of the molecule is C/C=C(\C)C1C(C)=CC2C[C@H](C)C[C@H](C)C2C1C(=O)C1=CC(C)(OCCCC)NC1=O. The van der Waals surface area contributed by atoms with Crippen molar-refractivity contribution < 1.29 is 14.3 Å². The van der Waals surface area contributed by atoms with Crippen LogP contribution in [0.4, 0.5) is 0 Å². The van der Waals surface area contributed by atoms with Crippen molar-refractivity contribution in [1.82, 2.24) is 5.32 Å². The number of amides is 1. The van der Waals surface area contributed by atoms with E-state index in [2.05, 4.69) is 52.1 Å². The van der Waals surface area contributed by atoms with Gasteiger partial charge < -0.3 is 10.1 Å². The maximum atomic E-state index is 14.0. The molecule has 4 nitrogen and oxygen atoms in total. The Bertz CT molecular complexity index is 807. The van der Waals surface area contributed by atoms with Gasteiger partial charge in [0.1, 0.15) is 0 Å². The summed E-state index contributed by atoms with van der Waals surface area (Å²) in [6.45, 7) is 15.5. The topological polar surface area (TPSA) is 55.4 Å². The molecule has 0 spiro atoms. The molecule has 3 aliphatic rings. The summed E-state index contributed by atoms with van der Waals surface area (Å²) in [7, 11) is 0. The van der Waals surface area contributed by atoms with E-state index >= 15 is 0 Å². The van der Waals surface area contributed by atoms with Crippen LogP contribution in [0.5, 0.6) is 0 Å². The lowest BCUT2D eigenvalue weighted by atomic mass is 9.55. The highest BCUT2D eigenvalue weighted by atomic mass is 16.5. The number of hydrogen-bond acceptors (Lipinski definition) is 3. The Hall–Kier alpha value is -1.68. The van der Waals surface area contributed by atoms with Gasteiger partial charge in [0.25, 0.3) is 5.91 Å². The molecular formula is C27H41NO3. The van der Waals surface area contributed by atoms with Gasteiger partial charge in [0.05, 0.1) is 5.57 Å². The molecule has 1 aliphatic heterocycles. The first-order chi connectivity index (χ1) is 14.6. The molecule has 5 unspecified atom stereocenters. The molecule has 0 saturated heterocycles. The molecule has 0 aromatic rings. The molecule has 0 aromatic carbocycles. The van der Waals surface area contributed by atoms with Crippen molar-refractivity contribution in [3.05, 3.63) is 34.9 Å². The number of nitrogens with one attached hydrogen (secondary N) is 1. The summed E-state index contributed by atoms with van der Waals surface area (Å²) >= 11 is 0. The Morgan fingerprint density at radius 1 is 1.32 bits per heavy atom. The summed E-state index contributed by atoms with van der Waals surface area (Å²) in [6, 6.07) is 0. The molecule has 1 heterocycles. The summed E-state index contributed by atoms with van der Waals surface area (Å²) in [4.78, 5) is 27.0. The van der Waals surface area contributed by atoms with Gasteiger partial charge in [-0.15, -0.1) is 0 Å². The fraction of sp³-hybridized carbons (Fsp3) is 0.704. The number of Topliss-reactive ketones (excluding diaryl/α,β-unsaturated/α-hetero) is 1. The van der Waals surface area contributed by atoms with E-state index in [0.29, 0.717) is 24.4 Å². The number of allylic oxidation sites excluding steroid dienone is 4. The van der Waals surface area contributed by atoms with Crippen LogP contribution in [0.3, 0.4) is 0 Å². The minimum atomic E-state index is -0.895. The molecule has 0 radical (unpaired) electrons. The van der Waals surface area contributed by atoms with Crippen LogP contribution < -0.4 is 5.32 Å². The average molecular weight is 428 g/mol. The van der Waals surface area contributed by atoms with Gasteiger partial charge in [-0.25, -0.2) is 0 Å². The molecule has 0 aromatic heterocycles. The van der Waals surface area contributed by atoms with Gasteiger partial charge in [0.2, 0.25) is 0 Å². The maximum absolute atomic E-state index is 14.0. The van der Waals surface area contributed by atoms with E-state index in [1.807, 2.05) is 13.8 Å². The number of carbonyl (C=O) groups excluding carboxylic acids is 2. The lowest BCUT2D eigenvalue weighted by Gasteiger charge is -2.48. The molecule has 4 heteroatoms. The second-order valence-electron chi connectivity index (χ2n) is 10.4. The van der Waals surface area contributed by atoms with E-state index in [4.69, 9.17) is 4.74 Å². The van der Waals surface area contributed by atoms with Crippen LogP contribution in [0.1, 0.15) is 74.1 Å². The standard InChI is InChI=1S/C27H41NO3/c1-8-10-11-31-27(7)15-21(26(30)28-27)25(29)24-22(17(4)9-2)19(6)14-20-13-16(3)12-18(5)23(20)24/h9,14-16,18,20,22-24H,8,10-13H2,1-7H3,(H,28,30)/b17-9+/t16-,18+,20?,22?,23?,24?,27?/m1/s1. The Balaban J connectivity index is 1.99. The van der Waals surface area contributed by atoms with Crippen LogP contribution >= 0.6 is 0 Å². The number of fused-ring (bicyclic) bond motifs is 1. The van der Waals surface area contributed by atoms with Crippen molar-refractivity contribution in [2.24, 2.45) is 35.5 Å². The van der Waals surface area contributed by atoms with E-state index in [0.717, 1.165) is 25.7 Å². The van der Waals surface area contributed by atoms with Gasteiger partial charge in [0, 0.05) is 18.4 Å². The van der Waals surface area contributed by atoms with Gasteiger partial charge in [-0.3, -0.25) is 9.59 Å². The van der Waals surface area contributed by atoms with Crippen molar-refractivity contribution in [3.63, 3.8) is 0 Å². The lowest BCUT2D eigenvalue weighted by molar-refractivity contribution is -0.129. The summed E-state index contributed by atoms with van der Waals surface area (Å²) in [6.07, 6.45) is 10.5. The molecule has 1 N–H and O–H groups in total. The lowest BCUT2D eigenvalue weighted by Crippen LogP contribution is -2.46. The van der Waals surface area contributed by atoms with Crippen LogP contribution in [0.2, 0.25) is 0 Å². The first-order valence-electron chi connectivity index (χ1n) is 12.2. The first-order valence-corrected chi connectivity index (χ1v) is 12.2. The Morgan fingerprint density at radius 2 is 2.03 bits per heavy atom. The fourth-order valence-corrected chi connectivity index (χ4v) is 6.36. The van der Waals surface area contributed by atoms with Crippen LogP contribution in [0.25, 0.3) is 0 Å². The predicted octanol–water partition coefficient (Wildman–Crippen LogP) is 5.60. The molecule has 31 heavy (non-hydrogen) atoms. The molecule has 1 fully saturated rings. The maximum Gasteiger partial charge on any atom is 0.257 e. The fourth-order valence-electron chi connectivity index (χ4n) is 6.36. The molecule has 1 amide bonds. The number of hydrogen-bond donors (Lipinski definition) is 1. The van der Waals surface area contributed by atoms with Gasteiger partial charge in [-0.05, 0) is 76.7 Å². The highest BCUT2D eigenvalue weighted by Gasteiger charge is 2.50. The van der Waals surface area contributed by atoms with Crippen LogP contribution in [-0.4, -0.2) is 24.0 Å².